The molecule has 0 aromatic heterocycles. The van der Waals surface area contributed by atoms with Crippen LogP contribution in [-0.4, -0.2) is 24.7 Å². The Hall–Kier alpha value is -2.04. The van der Waals surface area contributed by atoms with Crippen LogP contribution in [0.3, 0.4) is 0 Å². The molecule has 0 aliphatic carbocycles. The van der Waals surface area contributed by atoms with Crippen molar-refractivity contribution in [3.63, 3.8) is 0 Å². The largest absolute Gasteiger partial charge is 0.378 e. The number of rotatable bonds is 4. The van der Waals surface area contributed by atoms with Crippen LogP contribution < -0.4 is 4.90 Å². The van der Waals surface area contributed by atoms with Crippen LogP contribution in [0.25, 0.3) is 0 Å². The number of nitro groups is 1. The minimum absolute atomic E-state index is 0. The molecule has 0 aliphatic heterocycles. The first-order valence-corrected chi connectivity index (χ1v) is 6.55. The van der Waals surface area contributed by atoms with Crippen molar-refractivity contribution in [1.82, 2.24) is 0 Å². The second kappa shape index (κ2) is 7.82. The zero-order valence-corrected chi connectivity index (χ0v) is 15.0. The predicted molar refractivity (Wildman–Crippen MR) is 85.7 cm³/mol. The maximum atomic E-state index is 10.6. The molecule has 0 heterocycles. The van der Waals surface area contributed by atoms with E-state index in [0.29, 0.717) is 0 Å². The van der Waals surface area contributed by atoms with Crippen LogP contribution in [0.4, 0.5) is 17.1 Å². The van der Waals surface area contributed by atoms with Crippen molar-refractivity contribution < 1.29 is 25.0 Å². The van der Waals surface area contributed by atoms with E-state index in [1.165, 1.54) is 12.1 Å². The van der Waals surface area contributed by atoms with Crippen molar-refractivity contribution in [2.45, 2.75) is 6.92 Å². The molecule has 0 bridgehead atoms. The van der Waals surface area contributed by atoms with Gasteiger partial charge in [0.1, 0.15) is 0 Å². The van der Waals surface area contributed by atoms with E-state index in [0.717, 1.165) is 22.6 Å². The van der Waals surface area contributed by atoms with Crippen LogP contribution >= 0.6 is 0 Å². The number of nitrogens with zero attached hydrogens (tertiary/aromatic N) is 3. The molecule has 22 heavy (non-hydrogen) atoms. The Morgan fingerprint density at radius 2 is 1.59 bits per heavy atom. The second-order valence-corrected chi connectivity index (χ2v) is 4.91. The predicted octanol–water partition coefficient (Wildman–Crippen LogP) is 3.80. The van der Waals surface area contributed by atoms with E-state index < -0.39 is 4.92 Å². The number of non-ortho nitro benzene ring substituents is 1. The molecule has 5 nitrogen and oxygen atoms in total. The van der Waals surface area contributed by atoms with E-state index in [9.17, 15) is 10.1 Å². The zero-order valence-electron chi connectivity index (χ0n) is 12.6. The summed E-state index contributed by atoms with van der Waals surface area (Å²) in [5.74, 6) is 0. The fourth-order valence-corrected chi connectivity index (χ4v) is 1.91. The molecule has 2 rings (SSSR count). The molecular weight excluding hydrogens is 458 g/mol. The second-order valence-electron chi connectivity index (χ2n) is 4.91. The van der Waals surface area contributed by atoms with Crippen LogP contribution in [0.2, 0.25) is 0 Å². The molecule has 0 saturated heterocycles. The van der Waals surface area contributed by atoms with E-state index in [1.807, 2.05) is 50.2 Å². The number of benzene rings is 2. The molecule has 0 amide bonds. The fraction of sp³-hybridized carbons (Fsp3) is 0.188. The molecular formula is C16H17IrN3O2. The van der Waals surface area contributed by atoms with E-state index in [2.05, 4.69) is 4.99 Å². The molecule has 0 N–H and O–H groups in total. The summed E-state index contributed by atoms with van der Waals surface area (Å²) in [6.45, 7) is 1.89. The van der Waals surface area contributed by atoms with Crippen molar-refractivity contribution in [3.05, 3.63) is 64.2 Å². The van der Waals surface area contributed by atoms with Crippen LogP contribution in [0.1, 0.15) is 12.5 Å². The van der Waals surface area contributed by atoms with Gasteiger partial charge in [0.15, 0.2) is 0 Å². The van der Waals surface area contributed by atoms with Crippen molar-refractivity contribution in [3.8, 4) is 0 Å². The maximum absolute atomic E-state index is 10.6. The van der Waals surface area contributed by atoms with Gasteiger partial charge in [0.05, 0.1) is 10.6 Å². The van der Waals surface area contributed by atoms with Crippen molar-refractivity contribution in [2.24, 2.45) is 4.99 Å². The third kappa shape index (κ3) is 4.48. The fourth-order valence-electron chi connectivity index (χ4n) is 1.91. The summed E-state index contributed by atoms with van der Waals surface area (Å²) < 4.78 is 0. The Balaban J connectivity index is 0.00000242. The van der Waals surface area contributed by atoms with Crippen molar-refractivity contribution in [2.75, 3.05) is 19.0 Å². The van der Waals surface area contributed by atoms with E-state index >= 15 is 0 Å². The summed E-state index contributed by atoms with van der Waals surface area (Å²) in [6, 6.07) is 14.3. The molecule has 0 unspecified atom stereocenters. The standard InChI is InChI=1S/C16H17N3O2.Ir/c1-12(13-4-8-16(9-5-13)19(20)21)17-14-6-10-15(11-7-14)18(2)3;/h4-11H,1-3H3;/b17-12+;. The van der Waals surface area contributed by atoms with E-state index in [1.54, 1.807) is 12.1 Å². The van der Waals surface area contributed by atoms with Crippen LogP contribution in [-0.2, 0) is 20.1 Å². The van der Waals surface area contributed by atoms with Gasteiger partial charge in [-0.3, -0.25) is 15.1 Å². The average Bonchev–Trinajstić information content (AvgIpc) is 2.47. The zero-order chi connectivity index (χ0) is 15.4. The van der Waals surface area contributed by atoms with Crippen molar-refractivity contribution >= 4 is 22.8 Å². The maximum Gasteiger partial charge on any atom is 0.269 e. The number of anilines is 1. The smallest absolute Gasteiger partial charge is 0.269 e. The molecule has 0 spiro atoms. The van der Waals surface area contributed by atoms with Crippen LogP contribution in [0, 0.1) is 10.1 Å². The third-order valence-corrected chi connectivity index (χ3v) is 3.16. The van der Waals surface area contributed by atoms with Gasteiger partial charge in [0.2, 0.25) is 0 Å². The molecule has 2 aromatic rings. The van der Waals surface area contributed by atoms with E-state index in [4.69, 9.17) is 0 Å². The van der Waals surface area contributed by atoms with Gasteiger partial charge in [-0.05, 0) is 48.9 Å². The van der Waals surface area contributed by atoms with Gasteiger partial charge in [-0.2, -0.15) is 0 Å². The normalized spacial score (nSPS) is 10.8. The summed E-state index contributed by atoms with van der Waals surface area (Å²) in [5, 5.41) is 10.6. The summed E-state index contributed by atoms with van der Waals surface area (Å²) in [4.78, 5) is 16.8. The van der Waals surface area contributed by atoms with Gasteiger partial charge in [-0.25, -0.2) is 0 Å². The Kier molecular flexibility index (Phi) is 6.40. The van der Waals surface area contributed by atoms with Gasteiger partial charge in [0, 0.05) is 57.7 Å². The van der Waals surface area contributed by atoms with Gasteiger partial charge in [0.25, 0.3) is 5.69 Å². The minimum atomic E-state index is -0.407. The molecule has 6 heteroatoms. The Morgan fingerprint density at radius 3 is 2.05 bits per heavy atom. The van der Waals surface area contributed by atoms with Gasteiger partial charge in [-0.1, -0.05) is 0 Å². The van der Waals surface area contributed by atoms with Gasteiger partial charge in [-0.15, -0.1) is 0 Å². The Labute approximate surface area is 143 Å². The first-order chi connectivity index (χ1) is 9.97. The number of nitro benzene ring substituents is 1. The first kappa shape index (κ1) is 18.0. The Morgan fingerprint density at radius 1 is 1.05 bits per heavy atom. The molecule has 0 aliphatic rings. The molecule has 117 valence electrons. The van der Waals surface area contributed by atoms with Crippen LogP contribution in [0.5, 0.6) is 0 Å². The monoisotopic (exact) mass is 476 g/mol. The van der Waals surface area contributed by atoms with Crippen LogP contribution in [0.15, 0.2) is 53.5 Å². The number of aliphatic imine (C=N–C) groups is 1. The van der Waals surface area contributed by atoms with Gasteiger partial charge < -0.3 is 4.90 Å². The number of hydrogen-bond acceptors (Lipinski definition) is 4. The summed E-state index contributed by atoms with van der Waals surface area (Å²) >= 11 is 0. The molecule has 0 atom stereocenters. The Bertz CT molecular complexity index is 665. The van der Waals surface area contributed by atoms with Crippen molar-refractivity contribution in [1.29, 1.82) is 0 Å². The first-order valence-electron chi connectivity index (χ1n) is 6.55. The van der Waals surface area contributed by atoms with Gasteiger partial charge >= 0.3 is 0 Å². The SMILES string of the molecule is C/C(=N\c1ccc(N(C)C)cc1)c1ccc([N+](=O)[O-])cc1.[Ir]. The number of hydrogen-bond donors (Lipinski definition) is 0. The summed E-state index contributed by atoms with van der Waals surface area (Å²) in [6.07, 6.45) is 0. The third-order valence-electron chi connectivity index (χ3n) is 3.16. The summed E-state index contributed by atoms with van der Waals surface area (Å²) in [7, 11) is 3.97. The van der Waals surface area contributed by atoms with E-state index in [-0.39, 0.29) is 25.8 Å². The molecule has 2 aromatic carbocycles. The average molecular weight is 476 g/mol. The topological polar surface area (TPSA) is 58.7 Å². The minimum Gasteiger partial charge on any atom is -0.378 e. The molecule has 1 radical (unpaired) electrons. The quantitative estimate of drug-likeness (QED) is 0.384. The molecule has 0 saturated carbocycles. The molecule has 0 fully saturated rings. The summed E-state index contributed by atoms with van der Waals surface area (Å²) in [5.41, 5.74) is 3.75.